The molecule has 0 spiro atoms. The predicted molar refractivity (Wildman–Crippen MR) is 83.9 cm³/mol. The van der Waals surface area contributed by atoms with Gasteiger partial charge in [-0.25, -0.2) is 9.97 Å². The van der Waals surface area contributed by atoms with Gasteiger partial charge in [-0.1, -0.05) is 43.7 Å². The van der Waals surface area contributed by atoms with E-state index < -0.39 is 0 Å². The summed E-state index contributed by atoms with van der Waals surface area (Å²) >= 11 is 0. The second-order valence-corrected chi connectivity index (χ2v) is 4.97. The number of nitrogen functional groups attached to an aromatic ring is 1. The molecule has 106 valence electrons. The number of aromatic nitrogens is 2. The smallest absolute Gasteiger partial charge is 0.137 e. The molecule has 0 radical (unpaired) electrons. The maximum atomic E-state index is 5.97. The number of rotatable bonds is 6. The van der Waals surface area contributed by atoms with Crippen LogP contribution in [0.4, 0.5) is 11.6 Å². The van der Waals surface area contributed by atoms with Crippen molar-refractivity contribution in [3.8, 4) is 0 Å². The lowest BCUT2D eigenvalue weighted by Crippen LogP contribution is -2.23. The molecule has 4 heteroatoms. The lowest BCUT2D eigenvalue weighted by Gasteiger charge is -2.21. The SMILES string of the molecule is CCCc1c(N)ncnc1N(C)CCc1ccccc1. The first kappa shape index (κ1) is 14.3. The van der Waals surface area contributed by atoms with Gasteiger partial charge in [-0.2, -0.15) is 0 Å². The number of nitrogens with zero attached hydrogens (tertiary/aromatic N) is 3. The van der Waals surface area contributed by atoms with Crippen molar-refractivity contribution < 1.29 is 0 Å². The van der Waals surface area contributed by atoms with Crippen LogP contribution in [0.15, 0.2) is 36.7 Å². The molecule has 1 heterocycles. The molecule has 4 nitrogen and oxygen atoms in total. The second kappa shape index (κ2) is 6.89. The lowest BCUT2D eigenvalue weighted by molar-refractivity contribution is 0.828. The molecule has 0 fully saturated rings. The topological polar surface area (TPSA) is 55.0 Å². The van der Waals surface area contributed by atoms with E-state index >= 15 is 0 Å². The Hall–Kier alpha value is -2.10. The zero-order valence-corrected chi connectivity index (χ0v) is 12.2. The van der Waals surface area contributed by atoms with E-state index in [9.17, 15) is 0 Å². The van der Waals surface area contributed by atoms with E-state index in [1.807, 2.05) is 6.07 Å². The standard InChI is InChI=1S/C16H22N4/c1-3-7-14-15(17)18-12-19-16(14)20(2)11-10-13-8-5-4-6-9-13/h4-6,8-9,12H,3,7,10-11H2,1-2H3,(H2,17,18,19). The van der Waals surface area contributed by atoms with Crippen LogP contribution in [-0.2, 0) is 12.8 Å². The number of benzene rings is 1. The fourth-order valence-electron chi connectivity index (χ4n) is 2.28. The van der Waals surface area contributed by atoms with Gasteiger partial charge in [0.1, 0.15) is 18.0 Å². The summed E-state index contributed by atoms with van der Waals surface area (Å²) in [7, 11) is 2.06. The molecule has 20 heavy (non-hydrogen) atoms. The number of nitrogens with two attached hydrogens (primary N) is 1. The molecule has 0 bridgehead atoms. The molecule has 0 amide bonds. The van der Waals surface area contributed by atoms with Gasteiger partial charge in [-0.15, -0.1) is 0 Å². The maximum absolute atomic E-state index is 5.97. The summed E-state index contributed by atoms with van der Waals surface area (Å²) in [6, 6.07) is 10.5. The van der Waals surface area contributed by atoms with E-state index in [-0.39, 0.29) is 0 Å². The monoisotopic (exact) mass is 270 g/mol. The van der Waals surface area contributed by atoms with Crippen LogP contribution < -0.4 is 10.6 Å². The third-order valence-electron chi connectivity index (χ3n) is 3.40. The second-order valence-electron chi connectivity index (χ2n) is 4.97. The van der Waals surface area contributed by atoms with Crippen LogP contribution in [0.1, 0.15) is 24.5 Å². The molecule has 0 saturated carbocycles. The minimum absolute atomic E-state index is 0.600. The quantitative estimate of drug-likeness (QED) is 0.877. The molecule has 0 aliphatic rings. The van der Waals surface area contributed by atoms with Crippen molar-refractivity contribution in [1.29, 1.82) is 0 Å². The van der Waals surface area contributed by atoms with E-state index in [4.69, 9.17) is 5.73 Å². The van der Waals surface area contributed by atoms with Gasteiger partial charge in [0.25, 0.3) is 0 Å². The van der Waals surface area contributed by atoms with Crippen molar-refractivity contribution in [2.45, 2.75) is 26.2 Å². The zero-order chi connectivity index (χ0) is 14.4. The Bertz CT molecular complexity index is 539. The van der Waals surface area contributed by atoms with Crippen molar-refractivity contribution >= 4 is 11.6 Å². The van der Waals surface area contributed by atoms with Gasteiger partial charge in [0.05, 0.1) is 0 Å². The lowest BCUT2D eigenvalue weighted by atomic mass is 10.1. The molecule has 2 N–H and O–H groups in total. The highest BCUT2D eigenvalue weighted by Gasteiger charge is 2.12. The summed E-state index contributed by atoms with van der Waals surface area (Å²) in [6.07, 6.45) is 4.49. The normalized spacial score (nSPS) is 10.5. The zero-order valence-electron chi connectivity index (χ0n) is 12.2. The summed E-state index contributed by atoms with van der Waals surface area (Å²) in [6.45, 7) is 3.05. The summed E-state index contributed by atoms with van der Waals surface area (Å²) in [4.78, 5) is 10.7. The highest BCUT2D eigenvalue weighted by molar-refractivity contribution is 5.56. The van der Waals surface area contributed by atoms with Crippen LogP contribution in [0.2, 0.25) is 0 Å². The van der Waals surface area contributed by atoms with Crippen LogP contribution in [0, 0.1) is 0 Å². The van der Waals surface area contributed by atoms with E-state index in [1.165, 1.54) is 5.56 Å². The van der Waals surface area contributed by atoms with Gasteiger partial charge in [-0.3, -0.25) is 0 Å². The van der Waals surface area contributed by atoms with E-state index in [0.29, 0.717) is 5.82 Å². The van der Waals surface area contributed by atoms with Crippen LogP contribution >= 0.6 is 0 Å². The average Bonchev–Trinajstić information content (AvgIpc) is 2.48. The molecule has 2 rings (SSSR count). The predicted octanol–water partition coefficient (Wildman–Crippen LogP) is 2.69. The molecule has 0 atom stereocenters. The molecule has 2 aromatic rings. The number of hydrogen-bond acceptors (Lipinski definition) is 4. The minimum atomic E-state index is 0.600. The van der Waals surface area contributed by atoms with Gasteiger partial charge < -0.3 is 10.6 Å². The van der Waals surface area contributed by atoms with Crippen LogP contribution in [0.3, 0.4) is 0 Å². The molecular weight excluding hydrogens is 248 g/mol. The molecule has 0 aliphatic heterocycles. The number of anilines is 2. The van der Waals surface area contributed by atoms with Gasteiger partial charge >= 0.3 is 0 Å². The summed E-state index contributed by atoms with van der Waals surface area (Å²) < 4.78 is 0. The molecule has 0 saturated heterocycles. The maximum Gasteiger partial charge on any atom is 0.137 e. The Balaban J connectivity index is 2.09. The third kappa shape index (κ3) is 3.47. The van der Waals surface area contributed by atoms with Crippen molar-refractivity contribution in [1.82, 2.24) is 9.97 Å². The van der Waals surface area contributed by atoms with Crippen LogP contribution in [0.5, 0.6) is 0 Å². The highest BCUT2D eigenvalue weighted by atomic mass is 15.2. The Labute approximate surface area is 120 Å². The minimum Gasteiger partial charge on any atom is -0.383 e. The Morgan fingerprint density at radius 1 is 1.10 bits per heavy atom. The first-order chi connectivity index (χ1) is 9.72. The van der Waals surface area contributed by atoms with Gasteiger partial charge in [-0.05, 0) is 18.4 Å². The molecule has 1 aromatic carbocycles. The Morgan fingerprint density at radius 3 is 2.55 bits per heavy atom. The largest absolute Gasteiger partial charge is 0.383 e. The number of likely N-dealkylation sites (N-methyl/N-ethyl adjacent to an activating group) is 1. The summed E-state index contributed by atoms with van der Waals surface area (Å²) in [5.74, 6) is 1.55. The average molecular weight is 270 g/mol. The van der Waals surface area contributed by atoms with Gasteiger partial charge in [0, 0.05) is 19.2 Å². The fourth-order valence-corrected chi connectivity index (χ4v) is 2.28. The van der Waals surface area contributed by atoms with Crippen molar-refractivity contribution in [3.05, 3.63) is 47.8 Å². The molecule has 0 aliphatic carbocycles. The Morgan fingerprint density at radius 2 is 1.85 bits per heavy atom. The summed E-state index contributed by atoms with van der Waals surface area (Å²) in [5, 5.41) is 0. The summed E-state index contributed by atoms with van der Waals surface area (Å²) in [5.41, 5.74) is 8.37. The van der Waals surface area contributed by atoms with E-state index in [1.54, 1.807) is 6.33 Å². The highest BCUT2D eigenvalue weighted by Crippen LogP contribution is 2.22. The van der Waals surface area contributed by atoms with Crippen molar-refractivity contribution in [2.24, 2.45) is 0 Å². The van der Waals surface area contributed by atoms with Crippen molar-refractivity contribution in [3.63, 3.8) is 0 Å². The fraction of sp³-hybridized carbons (Fsp3) is 0.375. The molecule has 1 aromatic heterocycles. The molecular formula is C16H22N4. The van der Waals surface area contributed by atoms with Gasteiger partial charge in [0.2, 0.25) is 0 Å². The first-order valence-corrected chi connectivity index (χ1v) is 7.06. The third-order valence-corrected chi connectivity index (χ3v) is 3.40. The van der Waals surface area contributed by atoms with Crippen LogP contribution in [0.25, 0.3) is 0 Å². The van der Waals surface area contributed by atoms with Gasteiger partial charge in [0.15, 0.2) is 0 Å². The van der Waals surface area contributed by atoms with Crippen molar-refractivity contribution in [2.75, 3.05) is 24.2 Å². The van der Waals surface area contributed by atoms with E-state index in [0.717, 1.165) is 37.2 Å². The first-order valence-electron chi connectivity index (χ1n) is 7.06. The molecule has 0 unspecified atom stereocenters. The Kier molecular flexibility index (Phi) is 4.93. The van der Waals surface area contributed by atoms with Crippen LogP contribution in [-0.4, -0.2) is 23.6 Å². The number of hydrogen-bond donors (Lipinski definition) is 1. The van der Waals surface area contributed by atoms with E-state index in [2.05, 4.69) is 53.1 Å².